The Morgan fingerprint density at radius 2 is 1.85 bits per heavy atom. The van der Waals surface area contributed by atoms with Gasteiger partial charge in [0.05, 0.1) is 0 Å². The average molecular weight is 523 g/mol. The fourth-order valence-electron chi connectivity index (χ4n) is 5.85. The third kappa shape index (κ3) is 4.94. The van der Waals surface area contributed by atoms with Crippen LogP contribution in [0.3, 0.4) is 0 Å². The summed E-state index contributed by atoms with van der Waals surface area (Å²) >= 11 is 0. The highest BCUT2D eigenvalue weighted by molar-refractivity contribution is 5.99. The van der Waals surface area contributed by atoms with E-state index in [1.807, 2.05) is 49.5 Å². The molecule has 0 amide bonds. The third-order valence-electron chi connectivity index (χ3n) is 7.82. The number of nitrogens with zero attached hydrogens (tertiary/aromatic N) is 2. The molecule has 7 nitrogen and oxygen atoms in total. The van der Waals surface area contributed by atoms with E-state index in [1.54, 1.807) is 0 Å². The lowest BCUT2D eigenvalue weighted by Gasteiger charge is -2.28. The van der Waals surface area contributed by atoms with Gasteiger partial charge in [-0.3, -0.25) is 9.59 Å². The highest BCUT2D eigenvalue weighted by Crippen LogP contribution is 2.43. The molecule has 0 radical (unpaired) electrons. The molecule has 2 N–H and O–H groups in total. The van der Waals surface area contributed by atoms with Crippen LogP contribution in [-0.4, -0.2) is 47.5 Å². The Kier molecular flexibility index (Phi) is 6.47. The summed E-state index contributed by atoms with van der Waals surface area (Å²) in [5, 5.41) is 5.29. The molecule has 2 aliphatic rings. The van der Waals surface area contributed by atoms with Crippen LogP contribution in [0.1, 0.15) is 47.4 Å². The summed E-state index contributed by atoms with van der Waals surface area (Å²) in [6.07, 6.45) is 3.24. The first-order chi connectivity index (χ1) is 18.8. The number of H-pyrrole nitrogens is 1. The predicted molar refractivity (Wildman–Crippen MR) is 155 cm³/mol. The zero-order valence-corrected chi connectivity index (χ0v) is 22.8. The van der Waals surface area contributed by atoms with E-state index in [1.165, 1.54) is 0 Å². The largest absolute Gasteiger partial charge is 0.487 e. The Morgan fingerprint density at radius 1 is 1.08 bits per heavy atom. The van der Waals surface area contributed by atoms with Crippen molar-refractivity contribution in [2.45, 2.75) is 45.6 Å². The maximum absolute atomic E-state index is 13.6. The molecule has 2 aromatic carbocycles. The van der Waals surface area contributed by atoms with E-state index in [-0.39, 0.29) is 23.4 Å². The zero-order chi connectivity index (χ0) is 27.1. The van der Waals surface area contributed by atoms with Crippen LogP contribution >= 0.6 is 0 Å². The van der Waals surface area contributed by atoms with E-state index in [4.69, 9.17) is 9.72 Å². The fraction of sp³-hybridized carbons (Fsp3) is 0.344. The lowest BCUT2D eigenvalue weighted by molar-refractivity contribution is 0.0983. The van der Waals surface area contributed by atoms with Crippen LogP contribution in [0, 0.1) is 6.92 Å². The van der Waals surface area contributed by atoms with E-state index in [0.29, 0.717) is 17.5 Å². The van der Waals surface area contributed by atoms with Crippen molar-refractivity contribution < 1.29 is 9.53 Å². The zero-order valence-electron chi connectivity index (χ0n) is 22.8. The number of aromatic amines is 1. The maximum Gasteiger partial charge on any atom is 0.251 e. The van der Waals surface area contributed by atoms with Gasteiger partial charge in [-0.05, 0) is 62.4 Å². The first-order valence-corrected chi connectivity index (χ1v) is 13.7. The van der Waals surface area contributed by atoms with Crippen LogP contribution < -0.4 is 20.5 Å². The number of ether oxygens (including phenoxy) is 1. The second-order valence-corrected chi connectivity index (χ2v) is 11.2. The number of carbonyl (C=O) groups excluding carboxylic acids is 1. The number of fused-ring (bicyclic) bond motifs is 2. The number of aryl methyl sites for hydroxylation is 2. The molecule has 39 heavy (non-hydrogen) atoms. The molecule has 0 saturated carbocycles. The molecule has 4 heterocycles. The molecule has 2 aromatic heterocycles. The van der Waals surface area contributed by atoms with Crippen LogP contribution in [0.2, 0.25) is 0 Å². The van der Waals surface area contributed by atoms with E-state index < -0.39 is 0 Å². The number of carbonyl (C=O) groups is 1. The summed E-state index contributed by atoms with van der Waals surface area (Å²) in [4.78, 5) is 36.4. The number of anilines is 1. The first-order valence-electron chi connectivity index (χ1n) is 13.7. The number of pyridine rings is 2. The highest BCUT2D eigenvalue weighted by atomic mass is 16.5. The van der Waals surface area contributed by atoms with E-state index >= 15 is 0 Å². The first kappa shape index (κ1) is 25.3. The van der Waals surface area contributed by atoms with Gasteiger partial charge in [0, 0.05) is 78.6 Å². The van der Waals surface area contributed by atoms with Crippen LogP contribution in [-0.2, 0) is 12.8 Å². The van der Waals surface area contributed by atoms with Crippen molar-refractivity contribution >= 4 is 22.4 Å². The number of aromatic nitrogens is 2. The normalized spacial score (nSPS) is 16.2. The Bertz CT molecular complexity index is 1620. The highest BCUT2D eigenvalue weighted by Gasteiger charge is 2.33. The van der Waals surface area contributed by atoms with Crippen LogP contribution in [0.25, 0.3) is 21.9 Å². The second kappa shape index (κ2) is 9.97. The van der Waals surface area contributed by atoms with Gasteiger partial charge in [-0.25, -0.2) is 4.98 Å². The van der Waals surface area contributed by atoms with Crippen LogP contribution in [0.5, 0.6) is 5.75 Å². The van der Waals surface area contributed by atoms with Gasteiger partial charge in [-0.15, -0.1) is 0 Å². The summed E-state index contributed by atoms with van der Waals surface area (Å²) in [7, 11) is 0. The molecule has 1 fully saturated rings. The minimum absolute atomic E-state index is 0.0122. The molecular formula is C32H34N4O3. The van der Waals surface area contributed by atoms with Gasteiger partial charge in [0.1, 0.15) is 17.2 Å². The molecule has 6 rings (SSSR count). The summed E-state index contributed by atoms with van der Waals surface area (Å²) < 4.78 is 6.36. The summed E-state index contributed by atoms with van der Waals surface area (Å²) in [5.41, 5.74) is 4.52. The van der Waals surface area contributed by atoms with E-state index in [2.05, 4.69) is 41.2 Å². The Labute approximate surface area is 228 Å². The number of rotatable bonds is 6. The SMILES string of the molecule is Cc1[nH]c(=O)c(CCC(=O)c2cc3c(c(-c4ccc(N5CCNCC5)nc4)c2)OC(C)(C)C3)c2ccccc12. The topological polar surface area (TPSA) is 87.3 Å². The third-order valence-corrected chi connectivity index (χ3v) is 7.82. The molecule has 1 saturated heterocycles. The van der Waals surface area contributed by atoms with Crippen molar-refractivity contribution in [3.8, 4) is 16.9 Å². The van der Waals surface area contributed by atoms with Gasteiger partial charge < -0.3 is 19.9 Å². The van der Waals surface area contributed by atoms with Gasteiger partial charge in [-0.1, -0.05) is 24.3 Å². The quantitative estimate of drug-likeness (QED) is 0.353. The number of benzene rings is 2. The second-order valence-electron chi connectivity index (χ2n) is 11.2. The van der Waals surface area contributed by atoms with Gasteiger partial charge in [0.15, 0.2) is 5.78 Å². The molecule has 2 aliphatic heterocycles. The molecule has 0 spiro atoms. The number of hydrogen-bond donors (Lipinski definition) is 2. The summed E-state index contributed by atoms with van der Waals surface area (Å²) in [6.45, 7) is 9.81. The lowest BCUT2D eigenvalue weighted by Crippen LogP contribution is -2.43. The lowest BCUT2D eigenvalue weighted by atomic mass is 9.92. The predicted octanol–water partition coefficient (Wildman–Crippen LogP) is 4.84. The molecule has 200 valence electrons. The van der Waals surface area contributed by atoms with Gasteiger partial charge in [0.25, 0.3) is 5.56 Å². The molecule has 0 bridgehead atoms. The summed E-state index contributed by atoms with van der Waals surface area (Å²) in [6, 6.07) is 15.9. The van der Waals surface area contributed by atoms with Crippen molar-refractivity contribution in [3.63, 3.8) is 0 Å². The maximum atomic E-state index is 13.6. The molecular weight excluding hydrogens is 488 g/mol. The Hall–Kier alpha value is -3.97. The average Bonchev–Trinajstić information content (AvgIpc) is 3.26. The monoisotopic (exact) mass is 522 g/mol. The number of piperazine rings is 1. The molecule has 0 unspecified atom stereocenters. The molecule has 0 aliphatic carbocycles. The van der Waals surface area contributed by atoms with Crippen molar-refractivity contribution in [1.82, 2.24) is 15.3 Å². The summed E-state index contributed by atoms with van der Waals surface area (Å²) in [5.74, 6) is 1.80. The Morgan fingerprint density at radius 3 is 2.59 bits per heavy atom. The van der Waals surface area contributed by atoms with E-state index in [0.717, 1.165) is 77.3 Å². The van der Waals surface area contributed by atoms with Gasteiger partial charge in [-0.2, -0.15) is 0 Å². The minimum Gasteiger partial charge on any atom is -0.487 e. The smallest absolute Gasteiger partial charge is 0.251 e. The molecule has 4 aromatic rings. The van der Waals surface area contributed by atoms with E-state index in [9.17, 15) is 9.59 Å². The standard InChI is InChI=1S/C32H34N4O3/c1-20-24-6-4-5-7-25(24)26(31(38)35-20)9-10-28(37)22-16-23-18-32(2,3)39-30(23)27(17-22)21-8-11-29(34-19-21)36-14-12-33-13-15-36/h4-8,11,16-17,19,33H,9-10,12-15,18H2,1-3H3,(H,35,38). The Balaban J connectivity index is 1.31. The van der Waals surface area contributed by atoms with Gasteiger partial charge in [0.2, 0.25) is 0 Å². The van der Waals surface area contributed by atoms with Crippen molar-refractivity contribution in [2.75, 3.05) is 31.1 Å². The molecule has 0 atom stereocenters. The van der Waals surface area contributed by atoms with Crippen LogP contribution in [0.15, 0.2) is 59.5 Å². The van der Waals surface area contributed by atoms with Crippen molar-refractivity contribution in [3.05, 3.63) is 87.5 Å². The number of Topliss-reactive ketones (excluding diaryl/α,β-unsaturated/α-hetero) is 1. The number of ketones is 1. The van der Waals surface area contributed by atoms with Gasteiger partial charge >= 0.3 is 0 Å². The fourth-order valence-corrected chi connectivity index (χ4v) is 5.85. The molecule has 7 heteroatoms. The minimum atomic E-state index is -0.346. The number of nitrogens with one attached hydrogen (secondary N) is 2. The van der Waals surface area contributed by atoms with Crippen LogP contribution in [0.4, 0.5) is 5.82 Å². The van der Waals surface area contributed by atoms with Crippen molar-refractivity contribution in [1.29, 1.82) is 0 Å². The number of hydrogen-bond acceptors (Lipinski definition) is 6. The van der Waals surface area contributed by atoms with Crippen molar-refractivity contribution in [2.24, 2.45) is 0 Å².